The topological polar surface area (TPSA) is 22.0 Å². The van der Waals surface area contributed by atoms with Crippen molar-refractivity contribution in [3.63, 3.8) is 0 Å². The van der Waals surface area contributed by atoms with Crippen LogP contribution in [0.4, 0.5) is 4.39 Å². The van der Waals surface area contributed by atoms with Crippen LogP contribution in [-0.2, 0) is 11.8 Å². The zero-order chi connectivity index (χ0) is 12.6. The van der Waals surface area contributed by atoms with Crippen LogP contribution in [0.25, 0.3) is 10.9 Å². The number of halogens is 1. The second-order valence-electron chi connectivity index (χ2n) is 4.58. The van der Waals surface area contributed by atoms with E-state index in [0.717, 1.165) is 22.9 Å². The van der Waals surface area contributed by atoms with E-state index in [1.807, 2.05) is 37.6 Å². The Balaban J connectivity index is 2.60. The molecule has 0 saturated heterocycles. The Morgan fingerprint density at radius 3 is 2.76 bits per heavy atom. The molecule has 0 aliphatic carbocycles. The lowest BCUT2D eigenvalue weighted by atomic mass is 9.97. The van der Waals surface area contributed by atoms with E-state index < -0.39 is 0 Å². The Labute approximate surface area is 100 Å². The molecule has 2 rings (SSSR count). The fraction of sp³-hybridized carbons (Fsp3) is 0.357. The van der Waals surface area contributed by atoms with Gasteiger partial charge in [-0.1, -0.05) is 6.92 Å². The maximum absolute atomic E-state index is 13.9. The molecule has 90 valence electrons. The molecule has 0 N–H and O–H groups in total. The van der Waals surface area contributed by atoms with Gasteiger partial charge in [0.05, 0.1) is 0 Å². The van der Waals surface area contributed by atoms with E-state index in [2.05, 4.69) is 0 Å². The van der Waals surface area contributed by atoms with E-state index in [9.17, 15) is 9.18 Å². The number of aryl methyl sites for hydroxylation is 2. The first-order chi connectivity index (χ1) is 8.04. The third kappa shape index (κ3) is 1.97. The second kappa shape index (κ2) is 4.32. The molecule has 0 radical (unpaired) electrons. The minimum Gasteiger partial charge on any atom is -0.348 e. The summed E-state index contributed by atoms with van der Waals surface area (Å²) in [7, 11) is 1.96. The van der Waals surface area contributed by atoms with Crippen LogP contribution in [0.5, 0.6) is 0 Å². The summed E-state index contributed by atoms with van der Waals surface area (Å²) in [5, 5.41) is 0.907. The van der Waals surface area contributed by atoms with E-state index >= 15 is 0 Å². The molecule has 17 heavy (non-hydrogen) atoms. The van der Waals surface area contributed by atoms with Crippen molar-refractivity contribution in [1.29, 1.82) is 0 Å². The predicted molar refractivity (Wildman–Crippen MR) is 66.7 cm³/mol. The molecule has 2 aromatic rings. The van der Waals surface area contributed by atoms with Gasteiger partial charge in [-0.15, -0.1) is 0 Å². The van der Waals surface area contributed by atoms with E-state index in [1.54, 1.807) is 6.07 Å². The molecule has 1 atom stereocenters. The molecule has 1 aromatic carbocycles. The number of aldehydes is 1. The summed E-state index contributed by atoms with van der Waals surface area (Å²) >= 11 is 0. The lowest BCUT2D eigenvalue weighted by Crippen LogP contribution is -1.99. The molecule has 0 aliphatic rings. The summed E-state index contributed by atoms with van der Waals surface area (Å²) < 4.78 is 15.9. The van der Waals surface area contributed by atoms with Crippen LogP contribution in [0.2, 0.25) is 0 Å². The van der Waals surface area contributed by atoms with Gasteiger partial charge in [-0.25, -0.2) is 4.39 Å². The standard InChI is InChI=1S/C14H16FNO/c1-9(4-5-17)12-8-14-11(7-13(12)15)6-10(2)16(14)3/h5-9H,4H2,1-3H3. The minimum absolute atomic E-state index is 0.0768. The molecule has 1 heterocycles. The summed E-state index contributed by atoms with van der Waals surface area (Å²) in [5.41, 5.74) is 2.72. The van der Waals surface area contributed by atoms with Crippen molar-refractivity contribution in [3.8, 4) is 0 Å². The number of carbonyl (C=O) groups excluding carboxylic acids is 1. The zero-order valence-electron chi connectivity index (χ0n) is 10.3. The van der Waals surface area contributed by atoms with Crippen LogP contribution in [0.1, 0.15) is 30.5 Å². The molecule has 0 saturated carbocycles. The van der Waals surface area contributed by atoms with Crippen molar-refractivity contribution in [1.82, 2.24) is 4.57 Å². The van der Waals surface area contributed by atoms with Crippen LogP contribution in [0.3, 0.4) is 0 Å². The van der Waals surface area contributed by atoms with Crippen molar-refractivity contribution in [2.45, 2.75) is 26.2 Å². The maximum Gasteiger partial charge on any atom is 0.127 e. The number of rotatable bonds is 3. The highest BCUT2D eigenvalue weighted by molar-refractivity contribution is 5.82. The molecule has 2 nitrogen and oxygen atoms in total. The molecule has 0 fully saturated rings. The van der Waals surface area contributed by atoms with Gasteiger partial charge < -0.3 is 9.36 Å². The average molecular weight is 233 g/mol. The van der Waals surface area contributed by atoms with Gasteiger partial charge in [-0.2, -0.15) is 0 Å². The number of benzene rings is 1. The average Bonchev–Trinajstić information content (AvgIpc) is 2.53. The summed E-state index contributed by atoms with van der Waals surface area (Å²) in [4.78, 5) is 10.5. The number of fused-ring (bicyclic) bond motifs is 1. The summed E-state index contributed by atoms with van der Waals surface area (Å²) in [5.74, 6) is -0.301. The summed E-state index contributed by atoms with van der Waals surface area (Å²) in [6, 6.07) is 5.37. The van der Waals surface area contributed by atoms with Gasteiger partial charge in [0, 0.05) is 30.1 Å². The van der Waals surface area contributed by atoms with E-state index in [0.29, 0.717) is 12.0 Å². The van der Waals surface area contributed by atoms with Gasteiger partial charge in [0.15, 0.2) is 0 Å². The molecule has 0 bridgehead atoms. The number of carbonyl (C=O) groups is 1. The quantitative estimate of drug-likeness (QED) is 0.745. The summed E-state index contributed by atoms with van der Waals surface area (Å²) in [6.07, 6.45) is 1.19. The largest absolute Gasteiger partial charge is 0.348 e. The number of aromatic nitrogens is 1. The molecule has 1 unspecified atom stereocenters. The van der Waals surface area contributed by atoms with E-state index in [-0.39, 0.29) is 11.7 Å². The van der Waals surface area contributed by atoms with Gasteiger partial charge in [0.25, 0.3) is 0 Å². The van der Waals surface area contributed by atoms with E-state index in [4.69, 9.17) is 0 Å². The molecule has 3 heteroatoms. The van der Waals surface area contributed by atoms with E-state index in [1.165, 1.54) is 0 Å². The number of nitrogens with zero attached hydrogens (tertiary/aromatic N) is 1. The van der Waals surface area contributed by atoms with Gasteiger partial charge in [0.2, 0.25) is 0 Å². The smallest absolute Gasteiger partial charge is 0.127 e. The number of hydrogen-bond donors (Lipinski definition) is 0. The molecule has 0 aliphatic heterocycles. The van der Waals surface area contributed by atoms with Gasteiger partial charge in [-0.3, -0.25) is 0 Å². The second-order valence-corrected chi connectivity index (χ2v) is 4.58. The first-order valence-corrected chi connectivity index (χ1v) is 5.73. The monoisotopic (exact) mass is 233 g/mol. The normalized spacial score (nSPS) is 12.9. The highest BCUT2D eigenvalue weighted by Crippen LogP contribution is 2.27. The Morgan fingerprint density at radius 2 is 2.12 bits per heavy atom. The zero-order valence-corrected chi connectivity index (χ0v) is 10.3. The van der Waals surface area contributed by atoms with Crippen molar-refractivity contribution in [2.24, 2.45) is 7.05 Å². The third-order valence-corrected chi connectivity index (χ3v) is 3.38. The Bertz CT molecular complexity index is 571. The highest BCUT2D eigenvalue weighted by Gasteiger charge is 2.13. The predicted octanol–water partition coefficient (Wildman–Crippen LogP) is 3.32. The van der Waals surface area contributed by atoms with Crippen LogP contribution in [-0.4, -0.2) is 10.9 Å². The van der Waals surface area contributed by atoms with Crippen molar-refractivity contribution in [2.75, 3.05) is 0 Å². The number of hydrogen-bond acceptors (Lipinski definition) is 1. The SMILES string of the molecule is Cc1cc2cc(F)c(C(C)CC=O)cc2n1C. The van der Waals surface area contributed by atoms with Crippen molar-refractivity contribution in [3.05, 3.63) is 35.3 Å². The minimum atomic E-state index is -0.225. The first kappa shape index (κ1) is 11.8. The van der Waals surface area contributed by atoms with Crippen LogP contribution < -0.4 is 0 Å². The van der Waals surface area contributed by atoms with Crippen LogP contribution >= 0.6 is 0 Å². The Hall–Kier alpha value is -1.64. The first-order valence-electron chi connectivity index (χ1n) is 5.73. The lowest BCUT2D eigenvalue weighted by molar-refractivity contribution is -0.108. The highest BCUT2D eigenvalue weighted by atomic mass is 19.1. The Kier molecular flexibility index (Phi) is 3.01. The summed E-state index contributed by atoms with van der Waals surface area (Å²) in [6.45, 7) is 3.86. The molecule has 0 spiro atoms. The molecular formula is C14H16FNO. The Morgan fingerprint density at radius 1 is 1.41 bits per heavy atom. The molecule has 0 amide bonds. The van der Waals surface area contributed by atoms with Gasteiger partial charge in [-0.05, 0) is 36.6 Å². The van der Waals surface area contributed by atoms with Gasteiger partial charge >= 0.3 is 0 Å². The fourth-order valence-corrected chi connectivity index (χ4v) is 2.16. The van der Waals surface area contributed by atoms with Gasteiger partial charge in [0.1, 0.15) is 12.1 Å². The maximum atomic E-state index is 13.9. The van der Waals surface area contributed by atoms with Crippen molar-refractivity contribution >= 4 is 17.2 Å². The molecule has 1 aromatic heterocycles. The molecular weight excluding hydrogens is 217 g/mol. The van der Waals surface area contributed by atoms with Crippen molar-refractivity contribution < 1.29 is 9.18 Å². The fourth-order valence-electron chi connectivity index (χ4n) is 2.16. The third-order valence-electron chi connectivity index (χ3n) is 3.38. The van der Waals surface area contributed by atoms with Crippen LogP contribution in [0.15, 0.2) is 18.2 Å². The van der Waals surface area contributed by atoms with Crippen LogP contribution in [0, 0.1) is 12.7 Å². The lowest BCUT2D eigenvalue weighted by Gasteiger charge is -2.10.